The van der Waals surface area contributed by atoms with Gasteiger partial charge in [0, 0.05) is 6.54 Å². The molecule has 0 heterocycles. The molecule has 3 atom stereocenters. The van der Waals surface area contributed by atoms with Gasteiger partial charge in [-0.2, -0.15) is 0 Å². The molecule has 0 radical (unpaired) electrons. The Labute approximate surface area is 121 Å². The van der Waals surface area contributed by atoms with Crippen molar-refractivity contribution < 1.29 is 14.7 Å². The van der Waals surface area contributed by atoms with E-state index in [0.717, 1.165) is 12.3 Å². The zero-order valence-electron chi connectivity index (χ0n) is 12.4. The van der Waals surface area contributed by atoms with Gasteiger partial charge in [0.15, 0.2) is 0 Å². The van der Waals surface area contributed by atoms with E-state index in [4.69, 9.17) is 0 Å². The second-order valence-corrected chi connectivity index (χ2v) is 6.71. The van der Waals surface area contributed by atoms with Crippen LogP contribution in [0.2, 0.25) is 0 Å². The van der Waals surface area contributed by atoms with Gasteiger partial charge in [0.25, 0.3) is 0 Å². The molecule has 2 aliphatic carbocycles. The van der Waals surface area contributed by atoms with Crippen LogP contribution in [-0.4, -0.2) is 23.5 Å². The van der Waals surface area contributed by atoms with Crippen molar-refractivity contribution in [2.45, 2.75) is 58.3 Å². The number of carbonyl (C=O) groups excluding carboxylic acids is 1. The monoisotopic (exact) mass is 281 g/mol. The molecule has 0 aromatic carbocycles. The molecule has 4 nitrogen and oxygen atoms in total. The van der Waals surface area contributed by atoms with Crippen LogP contribution in [0.15, 0.2) is 0 Å². The fraction of sp³-hybridized carbons (Fsp3) is 0.875. The Balaban J connectivity index is 1.74. The molecule has 2 aliphatic rings. The van der Waals surface area contributed by atoms with Gasteiger partial charge in [-0.15, -0.1) is 0 Å². The first kappa shape index (κ1) is 15.3. The van der Waals surface area contributed by atoms with Gasteiger partial charge >= 0.3 is 5.97 Å². The van der Waals surface area contributed by atoms with Crippen LogP contribution in [0.3, 0.4) is 0 Å². The highest BCUT2D eigenvalue weighted by atomic mass is 16.4. The van der Waals surface area contributed by atoms with E-state index in [0.29, 0.717) is 25.3 Å². The molecule has 2 N–H and O–H groups in total. The van der Waals surface area contributed by atoms with E-state index in [9.17, 15) is 14.7 Å². The van der Waals surface area contributed by atoms with Crippen LogP contribution in [0.1, 0.15) is 58.3 Å². The lowest BCUT2D eigenvalue weighted by Gasteiger charge is -2.22. The molecule has 4 heteroatoms. The predicted molar refractivity (Wildman–Crippen MR) is 77.2 cm³/mol. The zero-order valence-corrected chi connectivity index (χ0v) is 12.4. The van der Waals surface area contributed by atoms with Crippen LogP contribution in [-0.2, 0) is 9.59 Å². The minimum absolute atomic E-state index is 0.0439. The van der Waals surface area contributed by atoms with Gasteiger partial charge in [-0.3, -0.25) is 9.59 Å². The van der Waals surface area contributed by atoms with Crippen molar-refractivity contribution in [2.75, 3.05) is 6.54 Å². The molecule has 3 unspecified atom stereocenters. The normalized spacial score (nSPS) is 31.1. The van der Waals surface area contributed by atoms with Gasteiger partial charge in [0.05, 0.1) is 11.8 Å². The van der Waals surface area contributed by atoms with Crippen LogP contribution in [0.25, 0.3) is 0 Å². The highest BCUT2D eigenvalue weighted by Gasteiger charge is 2.40. The molecule has 2 fully saturated rings. The number of amides is 1. The van der Waals surface area contributed by atoms with Crippen LogP contribution in [0.4, 0.5) is 0 Å². The maximum Gasteiger partial charge on any atom is 0.307 e. The molecular weight excluding hydrogens is 254 g/mol. The lowest BCUT2D eigenvalue weighted by molar-refractivity contribution is -0.146. The average Bonchev–Trinajstić information content (AvgIpc) is 2.82. The molecule has 0 bridgehead atoms. The maximum atomic E-state index is 12.2. The summed E-state index contributed by atoms with van der Waals surface area (Å²) >= 11 is 0. The maximum absolute atomic E-state index is 12.2. The van der Waals surface area contributed by atoms with Crippen molar-refractivity contribution in [3.8, 4) is 0 Å². The van der Waals surface area contributed by atoms with Crippen molar-refractivity contribution in [2.24, 2.45) is 23.7 Å². The minimum Gasteiger partial charge on any atom is -0.481 e. The summed E-state index contributed by atoms with van der Waals surface area (Å²) in [5, 5.41) is 12.2. The first-order chi connectivity index (χ1) is 9.58. The summed E-state index contributed by atoms with van der Waals surface area (Å²) in [6, 6.07) is 0. The average molecular weight is 281 g/mol. The third kappa shape index (κ3) is 3.97. The number of carbonyl (C=O) groups is 2. The highest BCUT2D eigenvalue weighted by Crippen LogP contribution is 2.36. The third-order valence-electron chi connectivity index (χ3n) is 5.03. The molecule has 114 valence electrons. The van der Waals surface area contributed by atoms with Crippen molar-refractivity contribution in [3.63, 3.8) is 0 Å². The van der Waals surface area contributed by atoms with Gasteiger partial charge in [0.1, 0.15) is 0 Å². The van der Waals surface area contributed by atoms with Crippen molar-refractivity contribution >= 4 is 11.9 Å². The number of carboxylic acid groups (broad SMARTS) is 1. The molecule has 20 heavy (non-hydrogen) atoms. The van der Waals surface area contributed by atoms with Crippen LogP contribution in [0.5, 0.6) is 0 Å². The summed E-state index contributed by atoms with van der Waals surface area (Å²) in [5.41, 5.74) is 0. The van der Waals surface area contributed by atoms with E-state index in [1.54, 1.807) is 0 Å². The van der Waals surface area contributed by atoms with Crippen molar-refractivity contribution in [3.05, 3.63) is 0 Å². The fourth-order valence-electron chi connectivity index (χ4n) is 3.86. The van der Waals surface area contributed by atoms with Crippen molar-refractivity contribution in [1.29, 1.82) is 0 Å². The van der Waals surface area contributed by atoms with Crippen LogP contribution >= 0.6 is 0 Å². The Hall–Kier alpha value is -1.06. The molecule has 0 saturated heterocycles. The quantitative estimate of drug-likeness (QED) is 0.814. The largest absolute Gasteiger partial charge is 0.481 e. The Bertz CT molecular complexity index is 350. The molecule has 0 aromatic rings. The first-order valence-corrected chi connectivity index (χ1v) is 8.08. The Morgan fingerprint density at radius 1 is 1.10 bits per heavy atom. The van der Waals surface area contributed by atoms with E-state index in [2.05, 4.69) is 5.32 Å². The second-order valence-electron chi connectivity index (χ2n) is 6.71. The van der Waals surface area contributed by atoms with Gasteiger partial charge in [0.2, 0.25) is 5.91 Å². The lowest BCUT2D eigenvalue weighted by Crippen LogP contribution is -2.36. The Morgan fingerprint density at radius 3 is 2.40 bits per heavy atom. The van der Waals surface area contributed by atoms with E-state index < -0.39 is 11.9 Å². The Morgan fingerprint density at radius 2 is 1.75 bits per heavy atom. The number of nitrogens with one attached hydrogen (secondary N) is 1. The first-order valence-electron chi connectivity index (χ1n) is 8.08. The van der Waals surface area contributed by atoms with Crippen LogP contribution < -0.4 is 5.32 Å². The third-order valence-corrected chi connectivity index (χ3v) is 5.03. The molecule has 2 saturated carbocycles. The molecule has 0 aromatic heterocycles. The minimum atomic E-state index is -0.818. The number of rotatable bonds is 5. The second kappa shape index (κ2) is 7.09. The standard InChI is InChI=1S/C16H27NO3/c1-11-9-13(14(10-11)16(19)20)15(18)17-8-7-12-5-3-2-4-6-12/h11-14H,2-10H2,1H3,(H,17,18)(H,19,20). The Kier molecular flexibility index (Phi) is 5.44. The summed E-state index contributed by atoms with van der Waals surface area (Å²) < 4.78 is 0. The smallest absolute Gasteiger partial charge is 0.307 e. The van der Waals surface area contributed by atoms with E-state index in [-0.39, 0.29) is 11.8 Å². The number of hydrogen-bond donors (Lipinski definition) is 2. The SMILES string of the molecule is CC1CC(C(=O)O)C(C(=O)NCCC2CCCCC2)C1. The lowest BCUT2D eigenvalue weighted by atomic mass is 9.87. The summed E-state index contributed by atoms with van der Waals surface area (Å²) in [7, 11) is 0. The van der Waals surface area contributed by atoms with E-state index in [1.807, 2.05) is 6.92 Å². The molecular formula is C16H27NO3. The number of aliphatic carboxylic acids is 1. The van der Waals surface area contributed by atoms with Gasteiger partial charge in [-0.25, -0.2) is 0 Å². The van der Waals surface area contributed by atoms with Gasteiger partial charge in [-0.05, 0) is 31.1 Å². The van der Waals surface area contributed by atoms with Crippen LogP contribution in [0, 0.1) is 23.7 Å². The van der Waals surface area contributed by atoms with Gasteiger partial charge in [-0.1, -0.05) is 39.0 Å². The predicted octanol–water partition coefficient (Wildman–Crippen LogP) is 2.82. The summed E-state index contributed by atoms with van der Waals surface area (Å²) in [5.74, 6) is -0.583. The van der Waals surface area contributed by atoms with Crippen molar-refractivity contribution in [1.82, 2.24) is 5.32 Å². The molecule has 0 spiro atoms. The van der Waals surface area contributed by atoms with Gasteiger partial charge < -0.3 is 10.4 Å². The van der Waals surface area contributed by atoms with E-state index in [1.165, 1.54) is 32.1 Å². The number of hydrogen-bond acceptors (Lipinski definition) is 2. The molecule has 2 rings (SSSR count). The topological polar surface area (TPSA) is 66.4 Å². The summed E-state index contributed by atoms with van der Waals surface area (Å²) in [4.78, 5) is 23.4. The summed E-state index contributed by atoms with van der Waals surface area (Å²) in [6.45, 7) is 2.74. The zero-order chi connectivity index (χ0) is 14.5. The fourth-order valence-corrected chi connectivity index (χ4v) is 3.86. The molecule has 1 amide bonds. The molecule has 0 aliphatic heterocycles. The summed E-state index contributed by atoms with van der Waals surface area (Å²) in [6.07, 6.45) is 8.96. The highest BCUT2D eigenvalue weighted by molar-refractivity contribution is 5.85. The number of carboxylic acids is 1. The van der Waals surface area contributed by atoms with E-state index >= 15 is 0 Å².